The van der Waals surface area contributed by atoms with Gasteiger partial charge in [-0.05, 0) is 48.1 Å². The fraction of sp³-hybridized carbons (Fsp3) is 0.481. The molecule has 0 saturated heterocycles. The van der Waals surface area contributed by atoms with Gasteiger partial charge >= 0.3 is 0 Å². The average molecular weight is 452 g/mol. The van der Waals surface area contributed by atoms with Gasteiger partial charge in [0.1, 0.15) is 24.8 Å². The highest BCUT2D eigenvalue weighted by Crippen LogP contribution is 2.24. The van der Waals surface area contributed by atoms with Gasteiger partial charge in [0, 0.05) is 20.1 Å². The summed E-state index contributed by atoms with van der Waals surface area (Å²) in [6, 6.07) is 16.7. The first kappa shape index (κ1) is 24.8. The number of ether oxygens (including phenoxy) is 2. The summed E-state index contributed by atoms with van der Waals surface area (Å²) in [6.07, 6.45) is 3.91. The molecule has 0 saturated carbocycles. The summed E-state index contributed by atoms with van der Waals surface area (Å²) in [4.78, 5) is 16.3. The molecule has 6 heteroatoms. The highest BCUT2D eigenvalue weighted by Gasteiger charge is 2.13. The zero-order valence-corrected chi connectivity index (χ0v) is 20.4. The Hall–Kier alpha value is -2.86. The maximum Gasteiger partial charge on any atom is 0.245 e. The maximum absolute atomic E-state index is 11.4. The smallest absolute Gasteiger partial charge is 0.245 e. The van der Waals surface area contributed by atoms with Crippen LogP contribution in [0.1, 0.15) is 51.4 Å². The topological polar surface area (TPSA) is 65.4 Å². The predicted molar refractivity (Wildman–Crippen MR) is 133 cm³/mol. The van der Waals surface area contributed by atoms with Crippen LogP contribution in [0, 0.1) is 0 Å². The summed E-state index contributed by atoms with van der Waals surface area (Å²) in [5.41, 5.74) is 3.61. The monoisotopic (exact) mass is 451 g/mol. The Bertz CT molecular complexity index is 1020. The normalized spacial score (nSPS) is 11.6. The van der Waals surface area contributed by atoms with Crippen LogP contribution in [0.2, 0.25) is 0 Å². The molecule has 0 atom stereocenters. The van der Waals surface area contributed by atoms with Gasteiger partial charge in [-0.15, -0.1) is 0 Å². The van der Waals surface area contributed by atoms with Crippen molar-refractivity contribution in [2.75, 3.05) is 26.9 Å². The maximum atomic E-state index is 11.4. The molecule has 1 aromatic heterocycles. The first-order valence-corrected chi connectivity index (χ1v) is 11.8. The number of amides is 1. The quantitative estimate of drug-likeness (QED) is 0.398. The van der Waals surface area contributed by atoms with E-state index in [-0.39, 0.29) is 17.9 Å². The number of para-hydroxylation sites is 2. The van der Waals surface area contributed by atoms with E-state index in [1.54, 1.807) is 0 Å². The number of methoxy groups -OCH3 is 1. The lowest BCUT2D eigenvalue weighted by Crippen LogP contribution is -2.27. The second kappa shape index (κ2) is 11.8. The fourth-order valence-corrected chi connectivity index (χ4v) is 3.87. The molecule has 178 valence electrons. The minimum Gasteiger partial charge on any atom is -0.492 e. The molecule has 1 N–H and O–H groups in total. The molecule has 0 aliphatic heterocycles. The summed E-state index contributed by atoms with van der Waals surface area (Å²) >= 11 is 0. The molecule has 33 heavy (non-hydrogen) atoms. The van der Waals surface area contributed by atoms with E-state index in [1.807, 2.05) is 6.07 Å². The van der Waals surface area contributed by atoms with Gasteiger partial charge in [0.2, 0.25) is 5.91 Å². The summed E-state index contributed by atoms with van der Waals surface area (Å²) in [5.74, 6) is 1.92. The number of imidazole rings is 1. The van der Waals surface area contributed by atoms with Gasteiger partial charge in [-0.3, -0.25) is 4.79 Å². The summed E-state index contributed by atoms with van der Waals surface area (Å²) in [6.45, 7) is 8.79. The van der Waals surface area contributed by atoms with Crippen molar-refractivity contribution in [3.63, 3.8) is 0 Å². The molecule has 3 aromatic rings. The number of carbonyl (C=O) groups is 1. The molecule has 1 heterocycles. The number of hydrogen-bond donors (Lipinski definition) is 1. The number of nitrogens with zero attached hydrogens (tertiary/aromatic N) is 2. The van der Waals surface area contributed by atoms with Gasteiger partial charge in [-0.25, -0.2) is 4.98 Å². The van der Waals surface area contributed by atoms with Gasteiger partial charge in [0.25, 0.3) is 0 Å². The van der Waals surface area contributed by atoms with Crippen molar-refractivity contribution in [3.05, 3.63) is 59.9 Å². The number of fused-ring (bicyclic) bond motifs is 1. The molecule has 0 bridgehead atoms. The van der Waals surface area contributed by atoms with Crippen molar-refractivity contribution in [1.29, 1.82) is 0 Å². The average Bonchev–Trinajstić information content (AvgIpc) is 3.13. The number of carbonyl (C=O) groups excluding carboxylic acids is 1. The first-order valence-electron chi connectivity index (χ1n) is 11.8. The summed E-state index contributed by atoms with van der Waals surface area (Å²) < 4.78 is 13.2. The minimum absolute atomic E-state index is 0.0626. The number of hydrogen-bond acceptors (Lipinski definition) is 4. The Labute approximate surface area is 197 Å². The van der Waals surface area contributed by atoms with Crippen LogP contribution in [0.5, 0.6) is 5.75 Å². The number of aryl methyl sites for hydroxylation is 1. The second-order valence-corrected chi connectivity index (χ2v) is 9.38. The molecule has 1 amide bonds. The van der Waals surface area contributed by atoms with Gasteiger partial charge in [-0.1, -0.05) is 51.5 Å². The van der Waals surface area contributed by atoms with Crippen LogP contribution in [0.25, 0.3) is 11.0 Å². The zero-order chi connectivity index (χ0) is 23.7. The molecular formula is C27H37N3O3. The van der Waals surface area contributed by atoms with Gasteiger partial charge in [-0.2, -0.15) is 0 Å². The molecule has 6 nitrogen and oxygen atoms in total. The lowest BCUT2D eigenvalue weighted by Gasteiger charge is -2.19. The lowest BCUT2D eigenvalue weighted by atomic mass is 9.87. The van der Waals surface area contributed by atoms with Gasteiger partial charge in [0.15, 0.2) is 0 Å². The van der Waals surface area contributed by atoms with Crippen molar-refractivity contribution in [2.45, 2.75) is 58.4 Å². The summed E-state index contributed by atoms with van der Waals surface area (Å²) in [5, 5.41) is 2.87. The van der Waals surface area contributed by atoms with Gasteiger partial charge in [0.05, 0.1) is 17.6 Å². The van der Waals surface area contributed by atoms with Crippen LogP contribution in [0.4, 0.5) is 0 Å². The Morgan fingerprint density at radius 3 is 2.52 bits per heavy atom. The Kier molecular flexibility index (Phi) is 8.89. The largest absolute Gasteiger partial charge is 0.492 e. The fourth-order valence-electron chi connectivity index (χ4n) is 3.87. The Morgan fingerprint density at radius 2 is 1.79 bits per heavy atom. The molecule has 0 aliphatic carbocycles. The van der Waals surface area contributed by atoms with Crippen molar-refractivity contribution < 1.29 is 14.3 Å². The third-order valence-corrected chi connectivity index (χ3v) is 5.71. The number of rotatable bonds is 12. The highest BCUT2D eigenvalue weighted by atomic mass is 16.5. The van der Waals surface area contributed by atoms with E-state index < -0.39 is 0 Å². The van der Waals surface area contributed by atoms with E-state index in [0.717, 1.165) is 54.8 Å². The van der Waals surface area contributed by atoms with Crippen LogP contribution in [0.15, 0.2) is 48.5 Å². The van der Waals surface area contributed by atoms with Gasteiger partial charge < -0.3 is 19.4 Å². The number of benzene rings is 2. The number of aromatic nitrogens is 2. The van der Waals surface area contributed by atoms with E-state index in [2.05, 4.69) is 73.1 Å². The zero-order valence-electron chi connectivity index (χ0n) is 20.4. The van der Waals surface area contributed by atoms with E-state index >= 15 is 0 Å². The summed E-state index contributed by atoms with van der Waals surface area (Å²) in [7, 11) is 1.53. The van der Waals surface area contributed by atoms with Crippen molar-refractivity contribution in [2.24, 2.45) is 0 Å². The number of unbranched alkanes of at least 4 members (excludes halogenated alkanes) is 2. The molecule has 3 rings (SSSR count). The molecule has 0 fully saturated rings. The standard InChI is InChI=1S/C27H37N3O3/c1-27(2,3)21-13-15-22(16-14-21)33-19-18-30-24-11-8-7-10-23(24)29-25(30)12-6-5-9-17-28-26(31)20-32-4/h7-8,10-11,13-16H,5-6,9,12,17-20H2,1-4H3,(H,28,31). The molecule has 0 spiro atoms. The van der Waals surface area contributed by atoms with Crippen LogP contribution in [-0.4, -0.2) is 42.3 Å². The highest BCUT2D eigenvalue weighted by molar-refractivity contribution is 5.77. The Balaban J connectivity index is 1.53. The van der Waals surface area contributed by atoms with Crippen LogP contribution < -0.4 is 10.1 Å². The third kappa shape index (κ3) is 7.32. The van der Waals surface area contributed by atoms with E-state index in [4.69, 9.17) is 14.5 Å². The van der Waals surface area contributed by atoms with Crippen molar-refractivity contribution in [1.82, 2.24) is 14.9 Å². The van der Waals surface area contributed by atoms with E-state index in [1.165, 1.54) is 12.7 Å². The predicted octanol–water partition coefficient (Wildman–Crippen LogP) is 4.89. The third-order valence-electron chi connectivity index (χ3n) is 5.71. The van der Waals surface area contributed by atoms with Crippen molar-refractivity contribution >= 4 is 16.9 Å². The Morgan fingerprint density at radius 1 is 1.03 bits per heavy atom. The van der Waals surface area contributed by atoms with Crippen molar-refractivity contribution in [3.8, 4) is 5.75 Å². The first-order chi connectivity index (χ1) is 15.9. The second-order valence-electron chi connectivity index (χ2n) is 9.38. The minimum atomic E-state index is -0.0626. The van der Waals surface area contributed by atoms with Crippen LogP contribution in [0.3, 0.4) is 0 Å². The molecular weight excluding hydrogens is 414 g/mol. The van der Waals surface area contributed by atoms with E-state index in [9.17, 15) is 4.79 Å². The lowest BCUT2D eigenvalue weighted by molar-refractivity contribution is -0.124. The molecule has 2 aromatic carbocycles. The SMILES string of the molecule is COCC(=O)NCCCCCc1nc2ccccc2n1CCOc1ccc(C(C)(C)C)cc1. The molecule has 0 aliphatic rings. The van der Waals surface area contributed by atoms with E-state index in [0.29, 0.717) is 13.2 Å². The van der Waals surface area contributed by atoms with Crippen LogP contribution in [-0.2, 0) is 27.9 Å². The number of nitrogens with one attached hydrogen (secondary N) is 1. The van der Waals surface area contributed by atoms with Crippen LogP contribution >= 0.6 is 0 Å². The molecule has 0 unspecified atom stereocenters. The molecule has 0 radical (unpaired) electrons.